The molecule has 1 radical (unpaired) electrons. The SMILES string of the molecule is NC(=O)[CH]c1ncc(C(F)(F)F)[nH]1. The van der Waals surface area contributed by atoms with Crippen LogP contribution in [0.4, 0.5) is 13.2 Å². The Kier molecular flexibility index (Phi) is 2.26. The lowest BCUT2D eigenvalue weighted by molar-refractivity contribution is -0.141. The van der Waals surface area contributed by atoms with Gasteiger partial charge in [-0.25, -0.2) is 4.98 Å². The fraction of sp³-hybridized carbons (Fsp3) is 0.167. The van der Waals surface area contributed by atoms with E-state index in [1.165, 1.54) is 0 Å². The van der Waals surface area contributed by atoms with Gasteiger partial charge in [-0.2, -0.15) is 13.2 Å². The highest BCUT2D eigenvalue weighted by Crippen LogP contribution is 2.27. The second-order valence-corrected chi connectivity index (χ2v) is 2.23. The summed E-state index contributed by atoms with van der Waals surface area (Å²) in [5, 5.41) is 0. The smallest absolute Gasteiger partial charge is 0.369 e. The lowest BCUT2D eigenvalue weighted by Crippen LogP contribution is -2.12. The molecule has 0 unspecified atom stereocenters. The van der Waals surface area contributed by atoms with E-state index in [1.807, 2.05) is 4.98 Å². The third kappa shape index (κ3) is 2.46. The summed E-state index contributed by atoms with van der Waals surface area (Å²) in [5.41, 5.74) is 3.69. The van der Waals surface area contributed by atoms with Crippen LogP contribution in [0, 0.1) is 6.42 Å². The van der Waals surface area contributed by atoms with E-state index in [4.69, 9.17) is 5.73 Å². The van der Waals surface area contributed by atoms with Crippen LogP contribution >= 0.6 is 0 Å². The van der Waals surface area contributed by atoms with Crippen molar-refractivity contribution >= 4 is 5.91 Å². The maximum atomic E-state index is 11.9. The average molecular weight is 192 g/mol. The van der Waals surface area contributed by atoms with Crippen LogP contribution in [0.25, 0.3) is 0 Å². The average Bonchev–Trinajstić information content (AvgIpc) is 2.32. The number of imidazole rings is 1. The fourth-order valence-electron chi connectivity index (χ4n) is 0.689. The van der Waals surface area contributed by atoms with E-state index < -0.39 is 17.8 Å². The van der Waals surface area contributed by atoms with Crippen LogP contribution in [-0.2, 0) is 11.0 Å². The van der Waals surface area contributed by atoms with Gasteiger partial charge >= 0.3 is 6.18 Å². The molecule has 0 aliphatic rings. The van der Waals surface area contributed by atoms with Gasteiger partial charge in [0.15, 0.2) is 0 Å². The van der Waals surface area contributed by atoms with E-state index in [1.54, 1.807) is 0 Å². The quantitative estimate of drug-likeness (QED) is 0.714. The number of nitrogens with one attached hydrogen (secondary N) is 1. The third-order valence-electron chi connectivity index (χ3n) is 1.18. The number of rotatable bonds is 2. The molecule has 0 aromatic carbocycles. The number of hydrogen-bond donors (Lipinski definition) is 2. The molecule has 0 aliphatic carbocycles. The Morgan fingerprint density at radius 3 is 2.62 bits per heavy atom. The van der Waals surface area contributed by atoms with Gasteiger partial charge in [-0.15, -0.1) is 0 Å². The number of nitrogens with zero attached hydrogens (tertiary/aromatic N) is 1. The minimum atomic E-state index is -4.49. The zero-order valence-electron chi connectivity index (χ0n) is 6.22. The summed E-state index contributed by atoms with van der Waals surface area (Å²) in [6.45, 7) is 0. The summed E-state index contributed by atoms with van der Waals surface area (Å²) in [6, 6.07) is 0. The maximum absolute atomic E-state index is 11.9. The minimum absolute atomic E-state index is 0.208. The van der Waals surface area contributed by atoms with Crippen LogP contribution in [0.3, 0.4) is 0 Å². The van der Waals surface area contributed by atoms with Crippen molar-refractivity contribution in [3.63, 3.8) is 0 Å². The van der Waals surface area contributed by atoms with Crippen molar-refractivity contribution in [2.24, 2.45) is 5.73 Å². The predicted molar refractivity (Wildman–Crippen MR) is 36.2 cm³/mol. The molecule has 1 rings (SSSR count). The van der Waals surface area contributed by atoms with Crippen LogP contribution in [-0.4, -0.2) is 15.9 Å². The maximum Gasteiger partial charge on any atom is 0.432 e. The molecule has 0 atom stereocenters. The normalized spacial score (nSPS) is 11.6. The summed E-state index contributed by atoms with van der Waals surface area (Å²) in [6.07, 6.45) is -3.12. The molecule has 3 N–H and O–H groups in total. The van der Waals surface area contributed by atoms with E-state index in [9.17, 15) is 18.0 Å². The van der Waals surface area contributed by atoms with Gasteiger partial charge in [-0.3, -0.25) is 4.79 Å². The molecule has 4 nitrogen and oxygen atoms in total. The largest absolute Gasteiger partial charge is 0.432 e. The standard InChI is InChI=1S/C6H5F3N3O/c7-6(8,9)3-2-11-5(12-3)1-4(10)13/h1-2H,(H2,10,13)(H,11,12). The number of halogens is 3. The number of primary amides is 1. The van der Waals surface area contributed by atoms with Gasteiger partial charge in [-0.1, -0.05) is 0 Å². The number of aromatic nitrogens is 2. The monoisotopic (exact) mass is 192 g/mol. The summed E-state index contributed by atoms with van der Waals surface area (Å²) in [4.78, 5) is 15.4. The van der Waals surface area contributed by atoms with E-state index in [0.29, 0.717) is 6.20 Å². The van der Waals surface area contributed by atoms with Crippen LogP contribution < -0.4 is 5.73 Å². The Bertz CT molecular complexity index is 317. The van der Waals surface area contributed by atoms with Gasteiger partial charge in [0.2, 0.25) is 5.91 Å². The molecule has 0 saturated heterocycles. The number of nitrogens with two attached hydrogens (primary N) is 1. The second kappa shape index (κ2) is 3.08. The molecule has 13 heavy (non-hydrogen) atoms. The highest BCUT2D eigenvalue weighted by molar-refractivity contribution is 5.85. The van der Waals surface area contributed by atoms with Crippen LogP contribution in [0.5, 0.6) is 0 Å². The van der Waals surface area contributed by atoms with E-state index in [0.717, 1.165) is 6.42 Å². The van der Waals surface area contributed by atoms with Gasteiger partial charge in [-0.05, 0) is 0 Å². The number of H-pyrrole nitrogens is 1. The lowest BCUT2D eigenvalue weighted by Gasteiger charge is -2.00. The number of hydrogen-bond acceptors (Lipinski definition) is 2. The Morgan fingerprint density at radius 2 is 2.23 bits per heavy atom. The molecular weight excluding hydrogens is 187 g/mol. The zero-order valence-corrected chi connectivity index (χ0v) is 6.22. The first-order valence-electron chi connectivity index (χ1n) is 3.16. The molecule has 1 aromatic heterocycles. The molecular formula is C6H5F3N3O. The summed E-state index contributed by atoms with van der Waals surface area (Å²) < 4.78 is 35.8. The Labute approximate surface area is 71.0 Å². The molecule has 71 valence electrons. The van der Waals surface area contributed by atoms with E-state index in [2.05, 4.69) is 4.98 Å². The first kappa shape index (κ1) is 9.56. The minimum Gasteiger partial charge on any atom is -0.369 e. The highest BCUT2D eigenvalue weighted by atomic mass is 19.4. The molecule has 1 amide bonds. The molecule has 0 spiro atoms. The van der Waals surface area contributed by atoms with Gasteiger partial charge < -0.3 is 10.7 Å². The third-order valence-corrected chi connectivity index (χ3v) is 1.18. The first-order valence-corrected chi connectivity index (χ1v) is 3.16. The van der Waals surface area contributed by atoms with Crippen molar-refractivity contribution in [1.29, 1.82) is 0 Å². The molecule has 1 aromatic rings. The van der Waals surface area contributed by atoms with E-state index in [-0.39, 0.29) is 5.82 Å². The van der Waals surface area contributed by atoms with Gasteiger partial charge in [0, 0.05) is 0 Å². The van der Waals surface area contributed by atoms with Gasteiger partial charge in [0.1, 0.15) is 17.9 Å². The van der Waals surface area contributed by atoms with E-state index >= 15 is 0 Å². The number of amides is 1. The van der Waals surface area contributed by atoms with Crippen molar-refractivity contribution in [1.82, 2.24) is 9.97 Å². The first-order chi connectivity index (χ1) is 5.89. The summed E-state index contributed by atoms with van der Waals surface area (Å²) >= 11 is 0. The molecule has 0 aliphatic heterocycles. The van der Waals surface area contributed by atoms with Crippen molar-refractivity contribution in [2.75, 3.05) is 0 Å². The number of carbonyl (C=O) groups is 1. The molecule has 0 saturated carbocycles. The Balaban J connectivity index is 2.81. The van der Waals surface area contributed by atoms with Crippen LogP contribution in [0.15, 0.2) is 6.20 Å². The van der Waals surface area contributed by atoms with Crippen molar-refractivity contribution in [2.45, 2.75) is 6.18 Å². The van der Waals surface area contributed by atoms with Crippen molar-refractivity contribution < 1.29 is 18.0 Å². The second-order valence-electron chi connectivity index (χ2n) is 2.23. The summed E-state index contributed by atoms with van der Waals surface area (Å²) in [5.74, 6) is -1.07. The van der Waals surface area contributed by atoms with Gasteiger partial charge in [0.25, 0.3) is 0 Å². The fourth-order valence-corrected chi connectivity index (χ4v) is 0.689. The Hall–Kier alpha value is -1.53. The number of alkyl halides is 3. The number of carbonyl (C=O) groups excluding carboxylic acids is 1. The summed E-state index contributed by atoms with van der Waals surface area (Å²) in [7, 11) is 0. The predicted octanol–water partition coefficient (Wildman–Crippen LogP) is 0.466. The highest BCUT2D eigenvalue weighted by Gasteiger charge is 2.32. The molecule has 0 bridgehead atoms. The van der Waals surface area contributed by atoms with Gasteiger partial charge in [0.05, 0.1) is 6.20 Å². The number of aromatic amines is 1. The molecule has 1 heterocycles. The molecule has 7 heteroatoms. The zero-order chi connectivity index (χ0) is 10.1. The molecule has 0 fully saturated rings. The van der Waals surface area contributed by atoms with Crippen molar-refractivity contribution in [3.8, 4) is 0 Å². The van der Waals surface area contributed by atoms with Crippen LogP contribution in [0.2, 0.25) is 0 Å². The van der Waals surface area contributed by atoms with Crippen LogP contribution in [0.1, 0.15) is 11.5 Å². The topological polar surface area (TPSA) is 71.8 Å². The van der Waals surface area contributed by atoms with Crippen molar-refractivity contribution in [3.05, 3.63) is 24.1 Å². The lowest BCUT2D eigenvalue weighted by atomic mass is 10.4. The Morgan fingerprint density at radius 1 is 1.62 bits per heavy atom.